The SMILES string of the molecule is C/C(=N\Nc1ccc(F)cc1F)c1ccco1. The van der Waals surface area contributed by atoms with E-state index in [-0.39, 0.29) is 5.69 Å². The van der Waals surface area contributed by atoms with Crippen LogP contribution in [0.15, 0.2) is 46.1 Å². The fraction of sp³-hybridized carbons (Fsp3) is 0.0833. The van der Waals surface area contributed by atoms with Crippen molar-refractivity contribution in [3.8, 4) is 0 Å². The molecule has 2 rings (SSSR count). The van der Waals surface area contributed by atoms with Crippen LogP contribution in [0.1, 0.15) is 12.7 Å². The Hall–Kier alpha value is -2.17. The second-order valence-electron chi connectivity index (χ2n) is 3.41. The number of hydrogen-bond acceptors (Lipinski definition) is 3. The molecular weight excluding hydrogens is 226 g/mol. The smallest absolute Gasteiger partial charge is 0.151 e. The molecule has 0 saturated heterocycles. The van der Waals surface area contributed by atoms with Gasteiger partial charge in [-0.2, -0.15) is 5.10 Å². The number of hydrogen-bond donors (Lipinski definition) is 1. The van der Waals surface area contributed by atoms with Gasteiger partial charge in [0.15, 0.2) is 5.82 Å². The van der Waals surface area contributed by atoms with Crippen LogP contribution in [0.3, 0.4) is 0 Å². The van der Waals surface area contributed by atoms with Crippen molar-refractivity contribution in [2.24, 2.45) is 5.10 Å². The number of furan rings is 1. The predicted molar refractivity (Wildman–Crippen MR) is 60.9 cm³/mol. The molecule has 17 heavy (non-hydrogen) atoms. The van der Waals surface area contributed by atoms with E-state index in [4.69, 9.17) is 4.42 Å². The summed E-state index contributed by atoms with van der Waals surface area (Å²) in [4.78, 5) is 0. The summed E-state index contributed by atoms with van der Waals surface area (Å²) >= 11 is 0. The maximum absolute atomic E-state index is 13.2. The average Bonchev–Trinajstić information content (AvgIpc) is 2.81. The summed E-state index contributed by atoms with van der Waals surface area (Å²) in [7, 11) is 0. The Morgan fingerprint density at radius 1 is 1.29 bits per heavy atom. The molecule has 88 valence electrons. The number of hydrazone groups is 1. The van der Waals surface area contributed by atoms with Crippen LogP contribution in [0.25, 0.3) is 0 Å². The number of rotatable bonds is 3. The third-order valence-electron chi connectivity index (χ3n) is 2.15. The first-order valence-corrected chi connectivity index (χ1v) is 4.96. The van der Waals surface area contributed by atoms with E-state index in [1.165, 1.54) is 12.3 Å². The zero-order valence-corrected chi connectivity index (χ0v) is 9.08. The average molecular weight is 236 g/mol. The highest BCUT2D eigenvalue weighted by Crippen LogP contribution is 2.15. The van der Waals surface area contributed by atoms with Crippen molar-refractivity contribution in [2.75, 3.05) is 5.43 Å². The van der Waals surface area contributed by atoms with Crippen molar-refractivity contribution >= 4 is 11.4 Å². The van der Waals surface area contributed by atoms with Gasteiger partial charge in [-0.3, -0.25) is 5.43 Å². The van der Waals surface area contributed by atoms with Crippen LogP contribution in [0.2, 0.25) is 0 Å². The van der Waals surface area contributed by atoms with Crippen LogP contribution in [0.4, 0.5) is 14.5 Å². The lowest BCUT2D eigenvalue weighted by atomic mass is 10.3. The van der Waals surface area contributed by atoms with E-state index >= 15 is 0 Å². The van der Waals surface area contributed by atoms with E-state index in [1.807, 2.05) is 0 Å². The minimum Gasteiger partial charge on any atom is -0.463 e. The molecule has 0 amide bonds. The van der Waals surface area contributed by atoms with Crippen molar-refractivity contribution in [1.29, 1.82) is 0 Å². The molecule has 0 spiro atoms. The van der Waals surface area contributed by atoms with Gasteiger partial charge in [0.1, 0.15) is 17.3 Å². The molecule has 0 radical (unpaired) electrons. The number of nitrogens with one attached hydrogen (secondary N) is 1. The van der Waals surface area contributed by atoms with E-state index in [9.17, 15) is 8.78 Å². The molecule has 0 unspecified atom stereocenters. The first-order chi connectivity index (χ1) is 8.16. The van der Waals surface area contributed by atoms with E-state index in [0.717, 1.165) is 12.1 Å². The molecule has 0 atom stereocenters. The molecule has 0 aliphatic carbocycles. The summed E-state index contributed by atoms with van der Waals surface area (Å²) in [5.74, 6) is -0.735. The van der Waals surface area contributed by atoms with E-state index in [0.29, 0.717) is 11.5 Å². The van der Waals surface area contributed by atoms with Crippen molar-refractivity contribution in [1.82, 2.24) is 0 Å². The second-order valence-corrected chi connectivity index (χ2v) is 3.41. The van der Waals surface area contributed by atoms with Crippen LogP contribution in [0, 0.1) is 11.6 Å². The summed E-state index contributed by atoms with van der Waals surface area (Å²) in [6, 6.07) is 6.70. The minimum atomic E-state index is -0.694. The first kappa shape index (κ1) is 11.3. The van der Waals surface area contributed by atoms with Gasteiger partial charge in [0, 0.05) is 6.07 Å². The first-order valence-electron chi connectivity index (χ1n) is 4.96. The monoisotopic (exact) mass is 236 g/mol. The number of nitrogens with zero attached hydrogens (tertiary/aromatic N) is 1. The van der Waals surface area contributed by atoms with Crippen LogP contribution >= 0.6 is 0 Å². The lowest BCUT2D eigenvalue weighted by molar-refractivity contribution is 0.557. The number of halogens is 2. The van der Waals surface area contributed by atoms with Crippen molar-refractivity contribution in [3.63, 3.8) is 0 Å². The molecular formula is C12H10F2N2O. The summed E-state index contributed by atoms with van der Waals surface area (Å²) < 4.78 is 31.0. The van der Waals surface area contributed by atoms with Crippen molar-refractivity contribution in [3.05, 3.63) is 54.0 Å². The molecule has 0 aliphatic rings. The van der Waals surface area contributed by atoms with E-state index < -0.39 is 11.6 Å². The standard InChI is InChI=1S/C12H10F2N2O/c1-8(12-3-2-6-17-12)15-16-11-5-4-9(13)7-10(11)14/h2-7,16H,1H3/b15-8+. The molecule has 0 aliphatic heterocycles. The van der Waals surface area contributed by atoms with Gasteiger partial charge >= 0.3 is 0 Å². The number of anilines is 1. The maximum Gasteiger partial charge on any atom is 0.151 e. The second kappa shape index (κ2) is 4.78. The van der Waals surface area contributed by atoms with Crippen LogP contribution in [-0.4, -0.2) is 5.71 Å². The molecule has 1 aromatic heterocycles. The molecule has 5 heteroatoms. The Morgan fingerprint density at radius 2 is 2.12 bits per heavy atom. The molecule has 0 fully saturated rings. The van der Waals surface area contributed by atoms with Crippen LogP contribution in [-0.2, 0) is 0 Å². The highest BCUT2D eigenvalue weighted by atomic mass is 19.1. The van der Waals surface area contributed by atoms with E-state index in [2.05, 4.69) is 10.5 Å². The summed E-state index contributed by atoms with van der Waals surface area (Å²) in [5.41, 5.74) is 3.19. The lowest BCUT2D eigenvalue weighted by Crippen LogP contribution is -1.99. The summed E-state index contributed by atoms with van der Waals surface area (Å²) in [5, 5.41) is 3.94. The summed E-state index contributed by atoms with van der Waals surface area (Å²) in [6.45, 7) is 1.72. The highest BCUT2D eigenvalue weighted by Gasteiger charge is 2.03. The van der Waals surface area contributed by atoms with Gasteiger partial charge in [0.25, 0.3) is 0 Å². The lowest BCUT2D eigenvalue weighted by Gasteiger charge is -2.03. The molecule has 0 saturated carbocycles. The Labute approximate surface area is 96.8 Å². The van der Waals surface area contributed by atoms with Gasteiger partial charge in [-0.05, 0) is 31.2 Å². The predicted octanol–water partition coefficient (Wildman–Crippen LogP) is 3.39. The molecule has 1 aromatic carbocycles. The molecule has 1 N–H and O–H groups in total. The maximum atomic E-state index is 13.2. The third-order valence-corrected chi connectivity index (χ3v) is 2.15. The molecule has 2 aromatic rings. The Kier molecular flexibility index (Phi) is 3.18. The molecule has 0 bridgehead atoms. The molecule has 3 nitrogen and oxygen atoms in total. The van der Waals surface area contributed by atoms with Gasteiger partial charge in [0.05, 0.1) is 12.0 Å². The Bertz CT molecular complexity index is 535. The normalized spacial score (nSPS) is 11.6. The Morgan fingerprint density at radius 3 is 2.76 bits per heavy atom. The quantitative estimate of drug-likeness (QED) is 0.655. The van der Waals surface area contributed by atoms with Crippen molar-refractivity contribution in [2.45, 2.75) is 6.92 Å². The fourth-order valence-electron chi connectivity index (χ4n) is 1.26. The van der Waals surface area contributed by atoms with Gasteiger partial charge in [-0.15, -0.1) is 0 Å². The largest absolute Gasteiger partial charge is 0.463 e. The Balaban J connectivity index is 2.14. The van der Waals surface area contributed by atoms with E-state index in [1.54, 1.807) is 19.1 Å². The minimum absolute atomic E-state index is 0.109. The number of benzene rings is 1. The van der Waals surface area contributed by atoms with Gasteiger partial charge in [-0.1, -0.05) is 0 Å². The van der Waals surface area contributed by atoms with Gasteiger partial charge < -0.3 is 4.42 Å². The fourth-order valence-corrected chi connectivity index (χ4v) is 1.26. The van der Waals surface area contributed by atoms with Crippen LogP contribution < -0.4 is 5.43 Å². The third kappa shape index (κ3) is 2.69. The zero-order chi connectivity index (χ0) is 12.3. The zero-order valence-electron chi connectivity index (χ0n) is 9.08. The highest BCUT2D eigenvalue weighted by molar-refractivity contribution is 5.96. The van der Waals surface area contributed by atoms with Gasteiger partial charge in [0.2, 0.25) is 0 Å². The van der Waals surface area contributed by atoms with Crippen molar-refractivity contribution < 1.29 is 13.2 Å². The topological polar surface area (TPSA) is 37.5 Å². The summed E-state index contributed by atoms with van der Waals surface area (Å²) in [6.07, 6.45) is 1.52. The van der Waals surface area contributed by atoms with Crippen LogP contribution in [0.5, 0.6) is 0 Å². The van der Waals surface area contributed by atoms with Gasteiger partial charge in [-0.25, -0.2) is 8.78 Å². The molecule has 1 heterocycles.